The highest BCUT2D eigenvalue weighted by Gasteiger charge is 2.45. The van der Waals surface area contributed by atoms with Crippen LogP contribution in [0.1, 0.15) is 51.9 Å². The van der Waals surface area contributed by atoms with Gasteiger partial charge in [0.25, 0.3) is 0 Å². The minimum absolute atomic E-state index is 0.451. The number of rotatable bonds is 0. The molecule has 1 saturated heterocycles. The van der Waals surface area contributed by atoms with Crippen molar-refractivity contribution >= 4 is 10.8 Å². The normalized spacial score (nSPS) is 45.5. The predicted molar refractivity (Wildman–Crippen MR) is 72.5 cm³/mol. The van der Waals surface area contributed by atoms with Crippen LogP contribution in [0.15, 0.2) is 0 Å². The molecule has 1 N–H and O–H groups in total. The zero-order chi connectivity index (χ0) is 11.9. The SMILES string of the molecule is CC1CNC2CCC3(CCCC3)CC2S(=O)C1. The molecule has 0 aromatic rings. The van der Waals surface area contributed by atoms with E-state index in [2.05, 4.69) is 12.2 Å². The Hall–Kier alpha value is 0.110. The van der Waals surface area contributed by atoms with E-state index in [0.29, 0.717) is 22.6 Å². The fourth-order valence-electron chi connectivity index (χ4n) is 4.22. The first-order chi connectivity index (χ1) is 8.19. The van der Waals surface area contributed by atoms with Crippen molar-refractivity contribution < 1.29 is 4.21 Å². The molecule has 3 aliphatic rings. The van der Waals surface area contributed by atoms with Crippen LogP contribution in [0.3, 0.4) is 0 Å². The van der Waals surface area contributed by atoms with E-state index in [-0.39, 0.29) is 0 Å². The van der Waals surface area contributed by atoms with Gasteiger partial charge < -0.3 is 5.32 Å². The highest BCUT2D eigenvalue weighted by atomic mass is 32.2. The Bertz CT molecular complexity index is 311. The van der Waals surface area contributed by atoms with Gasteiger partial charge in [0, 0.05) is 22.6 Å². The monoisotopic (exact) mass is 255 g/mol. The maximum Gasteiger partial charge on any atom is 0.0506 e. The topological polar surface area (TPSA) is 29.1 Å². The van der Waals surface area contributed by atoms with Gasteiger partial charge in [-0.15, -0.1) is 0 Å². The summed E-state index contributed by atoms with van der Waals surface area (Å²) in [5.74, 6) is 1.51. The highest BCUT2D eigenvalue weighted by molar-refractivity contribution is 7.85. The molecule has 1 heterocycles. The maximum absolute atomic E-state index is 12.5. The van der Waals surface area contributed by atoms with E-state index in [1.807, 2.05) is 0 Å². The van der Waals surface area contributed by atoms with Crippen LogP contribution in [-0.2, 0) is 10.8 Å². The Labute approximate surface area is 107 Å². The van der Waals surface area contributed by atoms with Crippen LogP contribution >= 0.6 is 0 Å². The minimum Gasteiger partial charge on any atom is -0.312 e. The van der Waals surface area contributed by atoms with Crippen molar-refractivity contribution in [3.05, 3.63) is 0 Å². The standard InChI is InChI=1S/C14H25NOS/c1-11-9-15-12-4-7-14(5-2-3-6-14)8-13(12)17(16)10-11/h11-13,15H,2-10H2,1H3. The highest BCUT2D eigenvalue weighted by Crippen LogP contribution is 2.50. The largest absolute Gasteiger partial charge is 0.312 e. The lowest BCUT2D eigenvalue weighted by molar-refractivity contribution is 0.174. The first kappa shape index (κ1) is 12.2. The van der Waals surface area contributed by atoms with Gasteiger partial charge in [0.1, 0.15) is 0 Å². The molecule has 3 fully saturated rings. The van der Waals surface area contributed by atoms with Crippen molar-refractivity contribution in [2.45, 2.75) is 63.2 Å². The predicted octanol–water partition coefficient (Wildman–Crippen LogP) is 2.46. The van der Waals surface area contributed by atoms with Crippen LogP contribution < -0.4 is 5.32 Å². The first-order valence-electron chi connectivity index (χ1n) is 7.29. The van der Waals surface area contributed by atoms with E-state index >= 15 is 0 Å². The Morgan fingerprint density at radius 3 is 2.76 bits per heavy atom. The summed E-state index contributed by atoms with van der Waals surface area (Å²) in [4.78, 5) is 0. The van der Waals surface area contributed by atoms with Gasteiger partial charge in [-0.05, 0) is 50.0 Å². The Morgan fingerprint density at radius 2 is 2.00 bits per heavy atom. The summed E-state index contributed by atoms with van der Waals surface area (Å²) in [6.45, 7) is 3.30. The number of nitrogens with one attached hydrogen (secondary N) is 1. The van der Waals surface area contributed by atoms with Crippen LogP contribution in [0, 0.1) is 11.3 Å². The summed E-state index contributed by atoms with van der Waals surface area (Å²) >= 11 is 0. The molecule has 0 aromatic heterocycles. The van der Waals surface area contributed by atoms with Crippen molar-refractivity contribution in [3.8, 4) is 0 Å². The molecule has 4 unspecified atom stereocenters. The Kier molecular flexibility index (Phi) is 3.33. The molecule has 3 rings (SSSR count). The average molecular weight is 255 g/mol. The maximum atomic E-state index is 12.5. The van der Waals surface area contributed by atoms with E-state index in [0.717, 1.165) is 12.3 Å². The Balaban J connectivity index is 1.76. The second-order valence-electron chi connectivity index (χ2n) is 6.66. The molecule has 2 nitrogen and oxygen atoms in total. The third-order valence-corrected chi connectivity index (χ3v) is 7.32. The molecule has 3 heteroatoms. The van der Waals surface area contributed by atoms with Gasteiger partial charge in [-0.2, -0.15) is 0 Å². The summed E-state index contributed by atoms with van der Waals surface area (Å²) in [7, 11) is -0.589. The van der Waals surface area contributed by atoms with E-state index in [9.17, 15) is 4.21 Å². The molecule has 98 valence electrons. The molecular weight excluding hydrogens is 230 g/mol. The van der Waals surface area contributed by atoms with Crippen LogP contribution in [0.5, 0.6) is 0 Å². The van der Waals surface area contributed by atoms with Crippen LogP contribution in [0.4, 0.5) is 0 Å². The van der Waals surface area contributed by atoms with Gasteiger partial charge in [-0.1, -0.05) is 19.8 Å². The molecule has 0 amide bonds. The summed E-state index contributed by atoms with van der Waals surface area (Å²) in [6.07, 6.45) is 9.52. The molecule has 0 aromatic carbocycles. The lowest BCUT2D eigenvalue weighted by Gasteiger charge is -2.41. The van der Waals surface area contributed by atoms with Crippen LogP contribution in [0.25, 0.3) is 0 Å². The zero-order valence-corrected chi connectivity index (χ0v) is 11.7. The third kappa shape index (κ3) is 2.33. The van der Waals surface area contributed by atoms with Gasteiger partial charge >= 0.3 is 0 Å². The van der Waals surface area contributed by atoms with Gasteiger partial charge in [-0.25, -0.2) is 0 Å². The van der Waals surface area contributed by atoms with Crippen LogP contribution in [-0.4, -0.2) is 27.8 Å². The molecule has 2 saturated carbocycles. The third-order valence-electron chi connectivity index (χ3n) is 5.25. The molecule has 2 aliphatic carbocycles. The van der Waals surface area contributed by atoms with E-state index in [1.165, 1.54) is 44.9 Å². The molecule has 1 spiro atoms. The van der Waals surface area contributed by atoms with E-state index in [1.54, 1.807) is 0 Å². The molecule has 1 aliphatic heterocycles. The fourth-order valence-corrected chi connectivity index (χ4v) is 6.29. The molecule has 4 atom stereocenters. The fraction of sp³-hybridized carbons (Fsp3) is 1.00. The second kappa shape index (κ2) is 4.65. The quantitative estimate of drug-likeness (QED) is 0.720. The lowest BCUT2D eigenvalue weighted by atomic mass is 9.71. The molecule has 0 bridgehead atoms. The van der Waals surface area contributed by atoms with Crippen LogP contribution in [0.2, 0.25) is 0 Å². The molecule has 0 radical (unpaired) electrons. The van der Waals surface area contributed by atoms with Crippen molar-refractivity contribution in [1.29, 1.82) is 0 Å². The second-order valence-corrected chi connectivity index (χ2v) is 8.36. The van der Waals surface area contributed by atoms with Gasteiger partial charge in [0.15, 0.2) is 0 Å². The van der Waals surface area contributed by atoms with Crippen molar-refractivity contribution in [1.82, 2.24) is 5.32 Å². The minimum atomic E-state index is -0.589. The van der Waals surface area contributed by atoms with Crippen molar-refractivity contribution in [2.75, 3.05) is 12.3 Å². The number of hydrogen-bond donors (Lipinski definition) is 1. The van der Waals surface area contributed by atoms with Crippen molar-refractivity contribution in [3.63, 3.8) is 0 Å². The van der Waals surface area contributed by atoms with Gasteiger partial charge in [0.2, 0.25) is 0 Å². The number of fused-ring (bicyclic) bond motifs is 1. The lowest BCUT2D eigenvalue weighted by Crippen LogP contribution is -2.47. The van der Waals surface area contributed by atoms with E-state index in [4.69, 9.17) is 0 Å². The van der Waals surface area contributed by atoms with Gasteiger partial charge in [0.05, 0.1) is 5.25 Å². The zero-order valence-electron chi connectivity index (χ0n) is 10.9. The summed E-state index contributed by atoms with van der Waals surface area (Å²) < 4.78 is 12.5. The summed E-state index contributed by atoms with van der Waals surface area (Å²) in [5, 5.41) is 4.13. The number of hydrogen-bond acceptors (Lipinski definition) is 2. The first-order valence-corrected chi connectivity index (χ1v) is 8.67. The summed E-state index contributed by atoms with van der Waals surface area (Å²) in [6, 6.07) is 0.548. The molecule has 17 heavy (non-hydrogen) atoms. The van der Waals surface area contributed by atoms with Crippen molar-refractivity contribution in [2.24, 2.45) is 11.3 Å². The average Bonchev–Trinajstić information content (AvgIpc) is 2.70. The van der Waals surface area contributed by atoms with Gasteiger partial charge in [-0.3, -0.25) is 4.21 Å². The summed E-state index contributed by atoms with van der Waals surface area (Å²) in [5.41, 5.74) is 0.589. The van der Waals surface area contributed by atoms with E-state index < -0.39 is 10.8 Å². The molecular formula is C14H25NOS. The smallest absolute Gasteiger partial charge is 0.0506 e. The Morgan fingerprint density at radius 1 is 1.24 bits per heavy atom.